The molecule has 0 radical (unpaired) electrons. The van der Waals surface area contributed by atoms with Gasteiger partial charge in [0, 0.05) is 5.92 Å². The molecule has 0 spiro atoms. The zero-order chi connectivity index (χ0) is 48.9. The maximum Gasteiger partial charge on any atom is 0.426 e. The average molecular weight is 949 g/mol. The lowest BCUT2D eigenvalue weighted by molar-refractivity contribution is -0.373. The van der Waals surface area contributed by atoms with Gasteiger partial charge in [-0.15, -0.1) is 0 Å². The van der Waals surface area contributed by atoms with Crippen LogP contribution >= 0.6 is 0 Å². The van der Waals surface area contributed by atoms with Gasteiger partial charge in [0.15, 0.2) is 12.2 Å². The van der Waals surface area contributed by atoms with Gasteiger partial charge in [0.1, 0.15) is 17.8 Å². The van der Waals surface area contributed by atoms with Crippen LogP contribution in [0.2, 0.25) is 0 Å². The zero-order valence-electron chi connectivity index (χ0n) is 40.4. The molecule has 1 N–H and O–H groups in total. The van der Waals surface area contributed by atoms with E-state index in [2.05, 4.69) is 13.8 Å². The molecule has 0 aromatic rings. The summed E-state index contributed by atoms with van der Waals surface area (Å²) in [4.78, 5) is 48.5. The quantitative estimate of drug-likeness (QED) is 0.0872. The van der Waals surface area contributed by atoms with E-state index in [1.807, 2.05) is 41.5 Å². The Morgan fingerprint density at radius 1 is 0.667 bits per heavy atom. The van der Waals surface area contributed by atoms with Crippen molar-refractivity contribution in [1.29, 1.82) is 0 Å². The van der Waals surface area contributed by atoms with Crippen LogP contribution < -0.4 is 0 Å². The van der Waals surface area contributed by atoms with Crippen LogP contribution in [0, 0.1) is 75.4 Å². The minimum atomic E-state index is -5.79. The van der Waals surface area contributed by atoms with Crippen molar-refractivity contribution in [2.75, 3.05) is 0 Å². The fraction of sp³-hybridized carbons (Fsp3) is 0.920. The molecule has 0 aromatic carbocycles. The SMILES string of the molecule is CCC(C)(C)C(=O)OC1(CC)CC2CC1C1C3CCC(C3)C21.CCC(C)(C)C(=O)OC1C2CC3C(=O)OC1C3O2.CCC(C)(C)C(=O)OC1CC2CC1CC2CC(O)(C(F)(F)F)C(F)(F)F. The summed E-state index contributed by atoms with van der Waals surface area (Å²) in [7, 11) is 0. The number of halogens is 6. The second kappa shape index (κ2) is 17.7. The number of rotatable bonds is 12. The maximum absolute atomic E-state index is 12.9. The molecule has 3 saturated heterocycles. The molecular weight excluding hydrogens is 875 g/mol. The Morgan fingerprint density at radius 2 is 1.21 bits per heavy atom. The highest BCUT2D eigenvalue weighted by atomic mass is 19.4. The van der Waals surface area contributed by atoms with Crippen molar-refractivity contribution in [1.82, 2.24) is 0 Å². The number of hydrogen-bond donors (Lipinski definition) is 1. The second-order valence-electron chi connectivity index (χ2n) is 23.6. The number of carbonyl (C=O) groups excluding carboxylic acids is 4. The van der Waals surface area contributed by atoms with Gasteiger partial charge < -0.3 is 28.8 Å². The van der Waals surface area contributed by atoms with Crippen LogP contribution in [0.15, 0.2) is 0 Å². The van der Waals surface area contributed by atoms with Crippen molar-refractivity contribution in [3.63, 3.8) is 0 Å². The van der Waals surface area contributed by atoms with Crippen LogP contribution in [0.5, 0.6) is 0 Å². The van der Waals surface area contributed by atoms with E-state index in [9.17, 15) is 50.6 Å². The van der Waals surface area contributed by atoms with Crippen molar-refractivity contribution in [3.8, 4) is 0 Å². The molecule has 9 fully saturated rings. The third-order valence-electron chi connectivity index (χ3n) is 18.8. The van der Waals surface area contributed by atoms with Crippen LogP contribution in [-0.2, 0) is 42.9 Å². The molecule has 16 atom stereocenters. The third kappa shape index (κ3) is 8.81. The van der Waals surface area contributed by atoms with Gasteiger partial charge in [-0.25, -0.2) is 0 Å². The van der Waals surface area contributed by atoms with E-state index in [-0.39, 0.29) is 65.8 Å². The first kappa shape index (κ1) is 51.2. The van der Waals surface area contributed by atoms with E-state index in [0.29, 0.717) is 31.6 Å². The van der Waals surface area contributed by atoms with E-state index in [0.717, 1.165) is 48.9 Å². The number of esters is 4. The summed E-state index contributed by atoms with van der Waals surface area (Å²) in [6, 6.07) is 0. The van der Waals surface area contributed by atoms with Crippen LogP contribution in [0.4, 0.5) is 26.3 Å². The summed E-state index contributed by atoms with van der Waals surface area (Å²) in [5, 5.41) is 9.39. The molecule has 66 heavy (non-hydrogen) atoms. The van der Waals surface area contributed by atoms with E-state index in [1.165, 1.54) is 25.7 Å². The fourth-order valence-electron chi connectivity index (χ4n) is 13.5. The molecule has 0 aromatic heterocycles. The topological polar surface area (TPSA) is 135 Å². The molecule has 6 aliphatic carbocycles. The summed E-state index contributed by atoms with van der Waals surface area (Å²) < 4.78 is 105. The first-order chi connectivity index (χ1) is 30.5. The lowest BCUT2D eigenvalue weighted by Gasteiger charge is -2.46. The monoisotopic (exact) mass is 949 g/mol. The molecule has 376 valence electrons. The van der Waals surface area contributed by atoms with Crippen LogP contribution in [0.3, 0.4) is 0 Å². The van der Waals surface area contributed by atoms with Crippen molar-refractivity contribution in [2.24, 2.45) is 75.4 Å². The summed E-state index contributed by atoms with van der Waals surface area (Å²) in [6.45, 7) is 19.3. The average Bonchev–Trinajstić information content (AvgIpc) is 4.12. The fourth-order valence-corrected chi connectivity index (χ4v) is 13.5. The Labute approximate surface area is 386 Å². The lowest BCUT2D eigenvalue weighted by atomic mass is 9.65. The molecule has 16 heteroatoms. The van der Waals surface area contributed by atoms with Crippen LogP contribution in [-0.4, -0.2) is 83.1 Å². The van der Waals surface area contributed by atoms with Gasteiger partial charge in [0.05, 0.1) is 28.3 Å². The van der Waals surface area contributed by atoms with E-state index >= 15 is 0 Å². The number of fused-ring (bicyclic) bond motifs is 12. The van der Waals surface area contributed by atoms with Crippen molar-refractivity contribution in [3.05, 3.63) is 0 Å². The smallest absolute Gasteiger partial charge is 0.426 e. The van der Waals surface area contributed by atoms with Crippen molar-refractivity contribution < 1.29 is 74.3 Å². The normalized spacial score (nSPS) is 39.2. The van der Waals surface area contributed by atoms with Crippen LogP contribution in [0.1, 0.15) is 159 Å². The van der Waals surface area contributed by atoms with Gasteiger partial charge in [0.25, 0.3) is 5.60 Å². The summed E-state index contributed by atoms with van der Waals surface area (Å²) >= 11 is 0. The molecule has 8 bridgehead atoms. The molecule has 16 unspecified atom stereocenters. The molecule has 3 heterocycles. The second-order valence-corrected chi connectivity index (χ2v) is 23.6. The molecule has 6 saturated carbocycles. The number of hydrogen-bond acceptors (Lipinski definition) is 10. The number of carbonyl (C=O) groups is 4. The molecule has 3 aliphatic heterocycles. The molecular formula is C50H74F6O10. The largest absolute Gasteiger partial charge is 0.462 e. The van der Waals surface area contributed by atoms with Crippen molar-refractivity contribution in [2.45, 2.75) is 213 Å². The standard InChI is InChI=1S/C20H32O2.C17H24F6O3.C13H18O5/c1-5-19(3,4)18(21)22-20(6-2)11-14-10-15(20)17-13-8-7-12(9-13)16(14)17;1-4-14(2,3)13(24)26-12-7-9-5-10(12)6-11(9)8-15(25,16(18,19)20)17(21,22)23;1-4-13(2,3)12(15)18-9-7-5-6-8(16-7)10(9)17-11(6)14/h12-17H,5-11H2,1-4H3;9-12,25H,4-8H2,1-3H3;6-10H,4-5H2,1-3H3. The van der Waals surface area contributed by atoms with E-state index in [4.69, 9.17) is 23.7 Å². The molecule has 9 rings (SSSR count). The molecule has 9 aliphatic rings. The van der Waals surface area contributed by atoms with Crippen LogP contribution in [0.25, 0.3) is 0 Å². The predicted octanol–water partition coefficient (Wildman–Crippen LogP) is 10.5. The minimum Gasteiger partial charge on any atom is -0.462 e. The van der Waals surface area contributed by atoms with E-state index < -0.39 is 71.3 Å². The first-order valence-corrected chi connectivity index (χ1v) is 24.8. The Hall–Kier alpha value is -2.62. The highest BCUT2D eigenvalue weighted by molar-refractivity contribution is 5.79. The number of aliphatic hydroxyl groups is 1. The summed E-state index contributed by atoms with van der Waals surface area (Å²) in [5.41, 5.74) is -6.36. The Kier molecular flexibility index (Phi) is 13.7. The molecule has 0 amide bonds. The zero-order valence-corrected chi connectivity index (χ0v) is 40.4. The Bertz CT molecular complexity index is 1830. The predicted molar refractivity (Wildman–Crippen MR) is 228 cm³/mol. The summed E-state index contributed by atoms with van der Waals surface area (Å²) in [5.74, 6) is 2.82. The van der Waals surface area contributed by atoms with E-state index in [1.54, 1.807) is 13.8 Å². The van der Waals surface area contributed by atoms with Gasteiger partial charge in [0.2, 0.25) is 0 Å². The number of alkyl halides is 6. The maximum atomic E-state index is 12.9. The lowest BCUT2D eigenvalue weighted by Crippen LogP contribution is -2.58. The minimum absolute atomic E-state index is 0.0455. The Balaban J connectivity index is 0.000000149. The van der Waals surface area contributed by atoms with Gasteiger partial charge in [-0.3, -0.25) is 19.2 Å². The van der Waals surface area contributed by atoms with Gasteiger partial charge in [-0.1, -0.05) is 27.7 Å². The highest BCUT2D eigenvalue weighted by Crippen LogP contribution is 2.71. The first-order valence-electron chi connectivity index (χ1n) is 24.8. The third-order valence-corrected chi connectivity index (χ3v) is 18.8. The summed E-state index contributed by atoms with van der Waals surface area (Å²) in [6.07, 6.45) is -3.22. The number of ether oxygens (including phenoxy) is 5. The van der Waals surface area contributed by atoms with Gasteiger partial charge in [-0.05, 0) is 179 Å². The van der Waals surface area contributed by atoms with Crippen molar-refractivity contribution >= 4 is 23.9 Å². The van der Waals surface area contributed by atoms with Gasteiger partial charge >= 0.3 is 36.2 Å². The molecule has 10 nitrogen and oxygen atoms in total. The Morgan fingerprint density at radius 3 is 1.74 bits per heavy atom. The highest BCUT2D eigenvalue weighted by Gasteiger charge is 2.72. The van der Waals surface area contributed by atoms with Gasteiger partial charge in [-0.2, -0.15) is 26.3 Å².